The van der Waals surface area contributed by atoms with Crippen LogP contribution in [0.5, 0.6) is 0 Å². The lowest BCUT2D eigenvalue weighted by Gasteiger charge is -2.40. The highest BCUT2D eigenvalue weighted by atomic mass is 16.6. The molecule has 2 aromatic rings. The minimum atomic E-state index is -1.04. The average Bonchev–Trinajstić information content (AvgIpc) is 2.59. The SMILES string of the molecule is CC(C)(C)OC(=O)N1CCN(c2cnc3cc(N)ccc3n2)C(C(=O)O)C1. The molecule has 1 atom stereocenters. The summed E-state index contributed by atoms with van der Waals surface area (Å²) in [6, 6.07) is 4.23. The summed E-state index contributed by atoms with van der Waals surface area (Å²) in [5.74, 6) is -0.592. The lowest BCUT2D eigenvalue weighted by atomic mass is 10.1. The van der Waals surface area contributed by atoms with Crippen LogP contribution < -0.4 is 10.6 Å². The number of aliphatic carboxylic acids is 1. The molecule has 27 heavy (non-hydrogen) atoms. The van der Waals surface area contributed by atoms with Crippen LogP contribution in [0.15, 0.2) is 24.4 Å². The van der Waals surface area contributed by atoms with E-state index in [-0.39, 0.29) is 6.54 Å². The van der Waals surface area contributed by atoms with Gasteiger partial charge in [-0.3, -0.25) is 4.98 Å². The van der Waals surface area contributed by atoms with Gasteiger partial charge in [-0.1, -0.05) is 0 Å². The first-order valence-electron chi connectivity index (χ1n) is 8.64. The Labute approximate surface area is 156 Å². The summed E-state index contributed by atoms with van der Waals surface area (Å²) in [6.45, 7) is 5.96. The highest BCUT2D eigenvalue weighted by molar-refractivity contribution is 5.82. The van der Waals surface area contributed by atoms with Crippen molar-refractivity contribution in [3.05, 3.63) is 24.4 Å². The van der Waals surface area contributed by atoms with E-state index in [1.165, 1.54) is 11.1 Å². The number of nitrogens with zero attached hydrogens (tertiary/aromatic N) is 4. The lowest BCUT2D eigenvalue weighted by Crippen LogP contribution is -2.58. The van der Waals surface area contributed by atoms with Gasteiger partial charge >= 0.3 is 12.1 Å². The summed E-state index contributed by atoms with van der Waals surface area (Å²) in [5.41, 5.74) is 6.95. The fraction of sp³-hybridized carbons (Fsp3) is 0.444. The first-order valence-corrected chi connectivity index (χ1v) is 8.64. The Morgan fingerprint density at radius 2 is 2.00 bits per heavy atom. The summed E-state index contributed by atoms with van der Waals surface area (Å²) in [4.78, 5) is 36.0. The molecule has 1 fully saturated rings. The Balaban J connectivity index is 1.83. The predicted molar refractivity (Wildman–Crippen MR) is 101 cm³/mol. The number of fused-ring (bicyclic) bond motifs is 1. The molecule has 2 heterocycles. The van der Waals surface area contributed by atoms with Crippen LogP contribution in [0, 0.1) is 0 Å². The molecular weight excluding hydrogens is 350 g/mol. The van der Waals surface area contributed by atoms with E-state index in [0.717, 1.165) is 0 Å². The first-order chi connectivity index (χ1) is 12.6. The van der Waals surface area contributed by atoms with E-state index in [9.17, 15) is 14.7 Å². The summed E-state index contributed by atoms with van der Waals surface area (Å²) < 4.78 is 5.35. The summed E-state index contributed by atoms with van der Waals surface area (Å²) >= 11 is 0. The van der Waals surface area contributed by atoms with Crippen molar-refractivity contribution >= 4 is 34.6 Å². The van der Waals surface area contributed by atoms with E-state index in [0.29, 0.717) is 35.6 Å². The van der Waals surface area contributed by atoms with Gasteiger partial charge in [-0.2, -0.15) is 0 Å². The number of amides is 1. The number of hydrogen-bond acceptors (Lipinski definition) is 7. The van der Waals surface area contributed by atoms with E-state index < -0.39 is 23.7 Å². The van der Waals surface area contributed by atoms with Gasteiger partial charge in [0.1, 0.15) is 17.5 Å². The largest absolute Gasteiger partial charge is 0.480 e. The van der Waals surface area contributed by atoms with Crippen molar-refractivity contribution in [3.8, 4) is 0 Å². The van der Waals surface area contributed by atoms with Gasteiger partial charge in [0.15, 0.2) is 0 Å². The van der Waals surface area contributed by atoms with Crippen molar-refractivity contribution in [2.24, 2.45) is 0 Å². The Kier molecular flexibility index (Phi) is 4.77. The molecule has 1 aliphatic heterocycles. The van der Waals surface area contributed by atoms with E-state index in [1.54, 1.807) is 43.9 Å². The van der Waals surface area contributed by atoms with Crippen molar-refractivity contribution in [1.29, 1.82) is 0 Å². The predicted octanol–water partition coefficient (Wildman–Crippen LogP) is 1.72. The van der Waals surface area contributed by atoms with Gasteiger partial charge in [-0.05, 0) is 39.0 Å². The Hall–Kier alpha value is -3.10. The van der Waals surface area contributed by atoms with Crippen molar-refractivity contribution in [1.82, 2.24) is 14.9 Å². The highest BCUT2D eigenvalue weighted by Crippen LogP contribution is 2.23. The number of aromatic nitrogens is 2. The zero-order valence-corrected chi connectivity index (χ0v) is 15.5. The van der Waals surface area contributed by atoms with Crippen LogP contribution in [0.2, 0.25) is 0 Å². The number of carboxylic acids is 1. The Morgan fingerprint density at radius 3 is 2.67 bits per heavy atom. The van der Waals surface area contributed by atoms with Gasteiger partial charge in [0.05, 0.1) is 23.8 Å². The Morgan fingerprint density at radius 1 is 1.26 bits per heavy atom. The third-order valence-corrected chi connectivity index (χ3v) is 4.16. The number of anilines is 2. The van der Waals surface area contributed by atoms with E-state index >= 15 is 0 Å². The standard InChI is InChI=1S/C18H23N5O4/c1-18(2,3)27-17(26)22-6-7-23(14(10-22)16(24)25)15-9-20-13-8-11(19)4-5-12(13)21-15/h4-5,8-9,14H,6-7,10,19H2,1-3H3,(H,24,25). The van der Waals surface area contributed by atoms with Crippen LogP contribution in [0.25, 0.3) is 11.0 Å². The van der Waals surface area contributed by atoms with Crippen molar-refractivity contribution in [2.45, 2.75) is 32.4 Å². The number of nitrogen functional groups attached to an aromatic ring is 1. The number of piperazine rings is 1. The van der Waals surface area contributed by atoms with E-state index in [2.05, 4.69) is 9.97 Å². The molecule has 1 saturated heterocycles. The number of carbonyl (C=O) groups excluding carboxylic acids is 1. The van der Waals surface area contributed by atoms with Crippen LogP contribution >= 0.6 is 0 Å². The van der Waals surface area contributed by atoms with Crippen LogP contribution in [-0.4, -0.2) is 63.3 Å². The smallest absolute Gasteiger partial charge is 0.410 e. The molecule has 0 aliphatic carbocycles. The summed E-state index contributed by atoms with van der Waals surface area (Å²) in [7, 11) is 0. The number of ether oxygens (including phenoxy) is 1. The van der Waals surface area contributed by atoms with Gasteiger partial charge in [0, 0.05) is 18.8 Å². The zero-order valence-electron chi connectivity index (χ0n) is 15.5. The quantitative estimate of drug-likeness (QED) is 0.763. The topological polar surface area (TPSA) is 122 Å². The molecule has 1 unspecified atom stereocenters. The van der Waals surface area contributed by atoms with Gasteiger partial charge in [-0.25, -0.2) is 14.6 Å². The Bertz CT molecular complexity index is 880. The molecule has 0 radical (unpaired) electrons. The minimum Gasteiger partial charge on any atom is -0.480 e. The lowest BCUT2D eigenvalue weighted by molar-refractivity contribution is -0.139. The average molecular weight is 373 g/mol. The molecule has 0 bridgehead atoms. The number of benzene rings is 1. The molecule has 1 aromatic heterocycles. The van der Waals surface area contributed by atoms with E-state index in [1.807, 2.05) is 0 Å². The van der Waals surface area contributed by atoms with Gasteiger partial charge < -0.3 is 25.4 Å². The number of hydrogen-bond donors (Lipinski definition) is 2. The van der Waals surface area contributed by atoms with Crippen LogP contribution in [-0.2, 0) is 9.53 Å². The molecule has 1 aromatic carbocycles. The maximum atomic E-state index is 12.3. The van der Waals surface area contributed by atoms with Crippen LogP contribution in [0.3, 0.4) is 0 Å². The summed E-state index contributed by atoms with van der Waals surface area (Å²) in [6.07, 6.45) is 1.01. The van der Waals surface area contributed by atoms with Crippen molar-refractivity contribution < 1.29 is 19.4 Å². The molecule has 9 heteroatoms. The fourth-order valence-corrected chi connectivity index (χ4v) is 2.92. The molecule has 9 nitrogen and oxygen atoms in total. The number of carbonyl (C=O) groups is 2. The normalized spacial score (nSPS) is 17.8. The highest BCUT2D eigenvalue weighted by Gasteiger charge is 2.36. The maximum Gasteiger partial charge on any atom is 0.410 e. The fourth-order valence-electron chi connectivity index (χ4n) is 2.92. The molecule has 3 N–H and O–H groups in total. The third kappa shape index (κ3) is 4.18. The molecule has 1 aliphatic rings. The van der Waals surface area contributed by atoms with Crippen molar-refractivity contribution in [2.75, 3.05) is 30.3 Å². The summed E-state index contributed by atoms with van der Waals surface area (Å²) in [5, 5.41) is 9.67. The molecule has 1 amide bonds. The molecule has 144 valence electrons. The van der Waals surface area contributed by atoms with Gasteiger partial charge in [0.25, 0.3) is 0 Å². The second-order valence-electron chi connectivity index (χ2n) is 7.45. The van der Waals surface area contributed by atoms with Crippen LogP contribution in [0.4, 0.5) is 16.3 Å². The minimum absolute atomic E-state index is 0.00566. The van der Waals surface area contributed by atoms with Crippen molar-refractivity contribution in [3.63, 3.8) is 0 Å². The third-order valence-electron chi connectivity index (χ3n) is 4.16. The molecule has 0 saturated carbocycles. The van der Waals surface area contributed by atoms with Gasteiger partial charge in [-0.15, -0.1) is 0 Å². The monoisotopic (exact) mass is 373 g/mol. The zero-order chi connectivity index (χ0) is 19.8. The first kappa shape index (κ1) is 18.7. The second kappa shape index (κ2) is 6.90. The maximum absolute atomic E-state index is 12.3. The van der Waals surface area contributed by atoms with Crippen LogP contribution in [0.1, 0.15) is 20.8 Å². The van der Waals surface area contributed by atoms with E-state index in [4.69, 9.17) is 10.5 Å². The molecule has 0 spiro atoms. The number of rotatable bonds is 2. The molecule has 3 rings (SSSR count). The second-order valence-corrected chi connectivity index (χ2v) is 7.45. The molecular formula is C18H23N5O4. The van der Waals surface area contributed by atoms with Gasteiger partial charge in [0.2, 0.25) is 0 Å². The number of carboxylic acid groups (broad SMARTS) is 1. The number of nitrogens with two attached hydrogens (primary N) is 1.